The largest absolute Gasteiger partial charge is 0.324 e. The number of hydrogen-bond acceptors (Lipinski definition) is 2. The fourth-order valence-electron chi connectivity index (χ4n) is 2.91. The quantitative estimate of drug-likeness (QED) is 0.923. The van der Waals surface area contributed by atoms with Crippen molar-refractivity contribution in [1.29, 1.82) is 0 Å². The van der Waals surface area contributed by atoms with Gasteiger partial charge in [-0.3, -0.25) is 4.68 Å². The first-order chi connectivity index (χ1) is 8.75. The smallest absolute Gasteiger partial charge is 0.0662 e. The summed E-state index contributed by atoms with van der Waals surface area (Å²) in [5, 5.41) is 4.67. The van der Waals surface area contributed by atoms with Gasteiger partial charge < -0.3 is 5.73 Å². The Kier molecular flexibility index (Phi) is 6.06. The number of benzene rings is 1. The minimum Gasteiger partial charge on any atom is -0.324 e. The minimum absolute atomic E-state index is 0. The summed E-state index contributed by atoms with van der Waals surface area (Å²) in [7, 11) is 0. The molecule has 110 valence electrons. The zero-order chi connectivity index (χ0) is 12.5. The Morgan fingerprint density at radius 2 is 1.95 bits per heavy atom. The lowest BCUT2D eigenvalue weighted by Crippen LogP contribution is -2.19. The molecule has 0 bridgehead atoms. The molecule has 0 spiro atoms. The molecule has 1 aliphatic rings. The highest BCUT2D eigenvalue weighted by Gasteiger charge is 2.24. The Morgan fingerprint density at radius 1 is 1.25 bits per heavy atom. The lowest BCUT2D eigenvalue weighted by Gasteiger charge is -2.20. The molecule has 5 heteroatoms. The van der Waals surface area contributed by atoms with Gasteiger partial charge in [-0.1, -0.05) is 30.3 Å². The Bertz CT molecular complexity index is 552. The van der Waals surface area contributed by atoms with Crippen LogP contribution in [0, 0.1) is 6.92 Å². The van der Waals surface area contributed by atoms with Crippen LogP contribution in [0.3, 0.4) is 0 Å². The molecule has 2 N–H and O–H groups in total. The van der Waals surface area contributed by atoms with Gasteiger partial charge in [-0.25, -0.2) is 0 Å². The summed E-state index contributed by atoms with van der Waals surface area (Å²) < 4.78 is 2.14. The lowest BCUT2D eigenvalue weighted by molar-refractivity contribution is 0.537. The van der Waals surface area contributed by atoms with Crippen molar-refractivity contribution < 1.29 is 0 Å². The molecule has 3 rings (SSSR count). The maximum Gasteiger partial charge on any atom is 0.0662 e. The Balaban J connectivity index is 0.000001000. The summed E-state index contributed by atoms with van der Waals surface area (Å²) in [6.07, 6.45) is 3.37. The van der Waals surface area contributed by atoms with Gasteiger partial charge in [0.05, 0.1) is 12.2 Å². The van der Waals surface area contributed by atoms with Crippen LogP contribution >= 0.6 is 24.8 Å². The number of hydrogen-bond donors (Lipinski definition) is 1. The van der Waals surface area contributed by atoms with Crippen molar-refractivity contribution in [3.8, 4) is 0 Å². The van der Waals surface area contributed by atoms with E-state index in [-0.39, 0.29) is 30.9 Å². The molecule has 0 aliphatic heterocycles. The third-order valence-electron chi connectivity index (χ3n) is 3.76. The first kappa shape index (κ1) is 17.0. The second kappa shape index (κ2) is 7.11. The third-order valence-corrected chi connectivity index (χ3v) is 3.76. The number of rotatable bonds is 2. The van der Waals surface area contributed by atoms with E-state index in [0.717, 1.165) is 25.1 Å². The van der Waals surface area contributed by atoms with Crippen molar-refractivity contribution in [1.82, 2.24) is 9.78 Å². The van der Waals surface area contributed by atoms with E-state index in [1.807, 2.05) is 6.07 Å². The molecule has 0 saturated heterocycles. The van der Waals surface area contributed by atoms with Crippen molar-refractivity contribution in [2.24, 2.45) is 5.73 Å². The number of aryl methyl sites for hydroxylation is 1. The minimum atomic E-state index is 0. The van der Waals surface area contributed by atoms with Gasteiger partial charge in [0.25, 0.3) is 0 Å². The molecule has 0 radical (unpaired) electrons. The molecular formula is C15H21Cl2N3. The summed E-state index contributed by atoms with van der Waals surface area (Å²) in [6.45, 7) is 2.93. The molecule has 0 fully saturated rings. The molecule has 1 aliphatic carbocycles. The van der Waals surface area contributed by atoms with E-state index in [4.69, 9.17) is 5.73 Å². The first-order valence-corrected chi connectivity index (χ1v) is 6.61. The molecule has 1 aromatic heterocycles. The molecule has 1 atom stereocenters. The van der Waals surface area contributed by atoms with Crippen LogP contribution in [0.5, 0.6) is 0 Å². The van der Waals surface area contributed by atoms with Gasteiger partial charge in [0.1, 0.15) is 0 Å². The van der Waals surface area contributed by atoms with Crippen LogP contribution in [-0.4, -0.2) is 9.78 Å². The second-order valence-electron chi connectivity index (χ2n) is 5.09. The van der Waals surface area contributed by atoms with Crippen LogP contribution in [-0.2, 0) is 13.0 Å². The van der Waals surface area contributed by atoms with Gasteiger partial charge in [0, 0.05) is 17.3 Å². The summed E-state index contributed by atoms with van der Waals surface area (Å²) in [5.74, 6) is 0. The zero-order valence-corrected chi connectivity index (χ0v) is 13.2. The van der Waals surface area contributed by atoms with Gasteiger partial charge >= 0.3 is 0 Å². The average molecular weight is 314 g/mol. The molecule has 1 heterocycles. The summed E-state index contributed by atoms with van der Waals surface area (Å²) in [4.78, 5) is 0. The van der Waals surface area contributed by atoms with E-state index in [0.29, 0.717) is 0 Å². The summed E-state index contributed by atoms with van der Waals surface area (Å²) in [5.41, 5.74) is 11.2. The maximum atomic E-state index is 6.20. The van der Waals surface area contributed by atoms with Gasteiger partial charge in [0.15, 0.2) is 0 Å². The van der Waals surface area contributed by atoms with Gasteiger partial charge in [-0.05, 0) is 31.7 Å². The van der Waals surface area contributed by atoms with Crippen molar-refractivity contribution in [3.05, 3.63) is 52.8 Å². The van der Waals surface area contributed by atoms with Crippen molar-refractivity contribution in [2.45, 2.75) is 38.8 Å². The summed E-state index contributed by atoms with van der Waals surface area (Å²) in [6, 6.07) is 10.7. The fourth-order valence-corrected chi connectivity index (χ4v) is 2.91. The topological polar surface area (TPSA) is 43.8 Å². The normalized spacial score (nSPS) is 16.8. The number of nitrogens with zero attached hydrogens (tertiary/aromatic N) is 2. The molecule has 0 amide bonds. The van der Waals surface area contributed by atoms with E-state index in [1.54, 1.807) is 0 Å². The van der Waals surface area contributed by atoms with Gasteiger partial charge in [-0.2, -0.15) is 5.10 Å². The highest BCUT2D eigenvalue weighted by atomic mass is 35.5. The Morgan fingerprint density at radius 3 is 2.65 bits per heavy atom. The van der Waals surface area contributed by atoms with Gasteiger partial charge in [0.2, 0.25) is 0 Å². The van der Waals surface area contributed by atoms with Crippen LogP contribution in [0.1, 0.15) is 41.4 Å². The monoisotopic (exact) mass is 313 g/mol. The Labute approximate surface area is 132 Å². The molecule has 1 unspecified atom stereocenters. The average Bonchev–Trinajstić information content (AvgIpc) is 2.69. The predicted molar refractivity (Wildman–Crippen MR) is 86.9 cm³/mol. The van der Waals surface area contributed by atoms with Crippen LogP contribution in [0.15, 0.2) is 30.3 Å². The van der Waals surface area contributed by atoms with E-state index in [2.05, 4.69) is 41.0 Å². The maximum absolute atomic E-state index is 6.20. The number of aromatic nitrogens is 2. The number of nitrogens with two attached hydrogens (primary N) is 1. The molecule has 3 nitrogen and oxygen atoms in total. The molecule has 1 aromatic carbocycles. The van der Waals surface area contributed by atoms with E-state index in [1.165, 1.54) is 23.2 Å². The molecular weight excluding hydrogens is 293 g/mol. The molecule has 0 saturated carbocycles. The van der Waals surface area contributed by atoms with Gasteiger partial charge in [-0.15, -0.1) is 24.8 Å². The number of fused-ring (bicyclic) bond motifs is 1. The zero-order valence-electron chi connectivity index (χ0n) is 11.6. The highest BCUT2D eigenvalue weighted by molar-refractivity contribution is 5.85. The summed E-state index contributed by atoms with van der Waals surface area (Å²) >= 11 is 0. The van der Waals surface area contributed by atoms with E-state index < -0.39 is 0 Å². The highest BCUT2D eigenvalue weighted by Crippen LogP contribution is 2.30. The Hall–Kier alpha value is -1.03. The predicted octanol–water partition coefficient (Wildman–Crippen LogP) is 3.42. The first-order valence-electron chi connectivity index (χ1n) is 6.61. The molecule has 20 heavy (non-hydrogen) atoms. The van der Waals surface area contributed by atoms with Crippen LogP contribution in [0.2, 0.25) is 0 Å². The SMILES string of the molecule is Cc1nn(Cc2ccccc2)c2c1C(N)CCC2.Cl.Cl. The third kappa shape index (κ3) is 3.17. The number of halogens is 2. The van der Waals surface area contributed by atoms with Crippen molar-refractivity contribution >= 4 is 24.8 Å². The van der Waals surface area contributed by atoms with Crippen LogP contribution in [0.25, 0.3) is 0 Å². The standard InChI is InChI=1S/C15H19N3.2ClH/c1-11-15-13(16)8-5-9-14(15)18(17-11)10-12-6-3-2-4-7-12;;/h2-4,6-7,13H,5,8-10,16H2,1H3;2*1H. The van der Waals surface area contributed by atoms with Crippen molar-refractivity contribution in [3.63, 3.8) is 0 Å². The van der Waals surface area contributed by atoms with Crippen LogP contribution in [0.4, 0.5) is 0 Å². The second-order valence-corrected chi connectivity index (χ2v) is 5.09. The lowest BCUT2D eigenvalue weighted by atomic mass is 9.92. The van der Waals surface area contributed by atoms with Crippen LogP contribution < -0.4 is 5.73 Å². The molecule has 2 aromatic rings. The van der Waals surface area contributed by atoms with E-state index in [9.17, 15) is 0 Å². The fraction of sp³-hybridized carbons (Fsp3) is 0.400. The van der Waals surface area contributed by atoms with Crippen molar-refractivity contribution in [2.75, 3.05) is 0 Å². The van der Waals surface area contributed by atoms with E-state index >= 15 is 0 Å².